The average Bonchev–Trinajstić information content (AvgIpc) is 2.86. The molecule has 1 aliphatic rings. The Balaban J connectivity index is 2.14. The lowest BCUT2D eigenvalue weighted by Gasteiger charge is -2.34. The van der Waals surface area contributed by atoms with Crippen molar-refractivity contribution in [2.45, 2.75) is 44.4 Å². The Hall–Kier alpha value is -1.91. The molecule has 3 rings (SSSR count). The molecule has 2 heterocycles. The highest BCUT2D eigenvalue weighted by Gasteiger charge is 2.46. The second kappa shape index (κ2) is 5.47. The normalized spacial score (nSPS) is 17.8. The molecule has 112 valence electrons. The molecule has 21 heavy (non-hydrogen) atoms. The van der Waals surface area contributed by atoms with Gasteiger partial charge in [0.25, 0.3) is 0 Å². The molecule has 0 bridgehead atoms. The van der Waals surface area contributed by atoms with Gasteiger partial charge in [-0.25, -0.2) is 4.98 Å². The zero-order valence-electron chi connectivity index (χ0n) is 12.6. The third-order valence-corrected chi connectivity index (χ3v) is 4.48. The minimum Gasteiger partial charge on any atom is -0.465 e. The summed E-state index contributed by atoms with van der Waals surface area (Å²) >= 11 is 0. The Morgan fingerprint density at radius 2 is 2.14 bits per heavy atom. The number of nitrogens with zero attached hydrogens (tertiary/aromatic N) is 3. The minimum absolute atomic E-state index is 0.129. The molecule has 2 aromatic rings. The van der Waals surface area contributed by atoms with Crippen molar-refractivity contribution >= 4 is 17.0 Å². The highest BCUT2D eigenvalue weighted by molar-refractivity contribution is 5.84. The number of hydrogen-bond donors (Lipinski definition) is 0. The number of fused-ring (bicyclic) bond motifs is 1. The van der Waals surface area contributed by atoms with E-state index in [1.807, 2.05) is 24.6 Å². The number of carbonyl (C=O) groups excluding carboxylic acids is 1. The minimum atomic E-state index is -0.595. The summed E-state index contributed by atoms with van der Waals surface area (Å²) in [6.07, 6.45) is 8.40. The van der Waals surface area contributed by atoms with Crippen molar-refractivity contribution in [3.05, 3.63) is 24.3 Å². The largest absolute Gasteiger partial charge is 0.465 e. The standard InChI is InChI=1S/C16H21N3O2/c1-3-21-15(20)16(8-5-4-6-9-16)14-18-12-11-17-10-7-13(12)19(14)2/h7,10-11H,3-6,8-9H2,1-2H3. The molecule has 0 aromatic carbocycles. The van der Waals surface area contributed by atoms with Gasteiger partial charge in [-0.2, -0.15) is 0 Å². The van der Waals surface area contributed by atoms with Gasteiger partial charge in [-0.05, 0) is 25.8 Å². The number of ether oxygens (including phenoxy) is 1. The third kappa shape index (κ3) is 2.20. The van der Waals surface area contributed by atoms with Crippen molar-refractivity contribution in [2.24, 2.45) is 7.05 Å². The highest BCUT2D eigenvalue weighted by atomic mass is 16.5. The average molecular weight is 287 g/mol. The first kappa shape index (κ1) is 14.0. The Kier molecular flexibility index (Phi) is 3.66. The quantitative estimate of drug-likeness (QED) is 0.814. The van der Waals surface area contributed by atoms with E-state index in [0.717, 1.165) is 42.5 Å². The van der Waals surface area contributed by atoms with Crippen LogP contribution in [0.4, 0.5) is 0 Å². The van der Waals surface area contributed by atoms with Crippen LogP contribution in [-0.2, 0) is 22.0 Å². The number of pyridine rings is 1. The highest BCUT2D eigenvalue weighted by Crippen LogP contribution is 2.40. The van der Waals surface area contributed by atoms with Crippen LogP contribution in [0.1, 0.15) is 44.9 Å². The topological polar surface area (TPSA) is 57.0 Å². The van der Waals surface area contributed by atoms with E-state index in [4.69, 9.17) is 9.72 Å². The van der Waals surface area contributed by atoms with Crippen LogP contribution in [0.25, 0.3) is 11.0 Å². The van der Waals surface area contributed by atoms with E-state index in [9.17, 15) is 4.79 Å². The molecule has 1 aliphatic carbocycles. The summed E-state index contributed by atoms with van der Waals surface area (Å²) in [6.45, 7) is 2.26. The van der Waals surface area contributed by atoms with Crippen molar-refractivity contribution in [3.63, 3.8) is 0 Å². The first-order valence-corrected chi connectivity index (χ1v) is 7.63. The molecule has 2 aromatic heterocycles. The number of hydrogen-bond acceptors (Lipinski definition) is 4. The first-order chi connectivity index (χ1) is 10.2. The second-order valence-corrected chi connectivity index (χ2v) is 5.72. The zero-order chi connectivity index (χ0) is 14.9. The van der Waals surface area contributed by atoms with Crippen LogP contribution in [0.2, 0.25) is 0 Å². The number of carbonyl (C=O) groups is 1. The van der Waals surface area contributed by atoms with Gasteiger partial charge in [0.2, 0.25) is 0 Å². The summed E-state index contributed by atoms with van der Waals surface area (Å²) in [5.41, 5.74) is 1.25. The van der Waals surface area contributed by atoms with E-state index in [1.165, 1.54) is 6.42 Å². The Morgan fingerprint density at radius 1 is 1.38 bits per heavy atom. The van der Waals surface area contributed by atoms with Gasteiger partial charge in [0.1, 0.15) is 16.8 Å². The molecule has 0 atom stereocenters. The molecule has 0 amide bonds. The van der Waals surface area contributed by atoms with E-state index >= 15 is 0 Å². The van der Waals surface area contributed by atoms with Crippen molar-refractivity contribution in [1.29, 1.82) is 0 Å². The fourth-order valence-electron chi connectivity index (χ4n) is 3.42. The molecule has 0 N–H and O–H groups in total. The van der Waals surface area contributed by atoms with Gasteiger partial charge in [-0.15, -0.1) is 0 Å². The van der Waals surface area contributed by atoms with Gasteiger partial charge in [-0.1, -0.05) is 19.3 Å². The van der Waals surface area contributed by atoms with E-state index in [2.05, 4.69) is 4.98 Å². The summed E-state index contributed by atoms with van der Waals surface area (Å²) in [7, 11) is 1.97. The zero-order valence-corrected chi connectivity index (χ0v) is 12.6. The van der Waals surface area contributed by atoms with Gasteiger partial charge in [0.05, 0.1) is 18.3 Å². The molecule has 0 unspecified atom stereocenters. The number of aryl methyl sites for hydroxylation is 1. The van der Waals surface area contributed by atoms with E-state index in [-0.39, 0.29) is 5.97 Å². The lowest BCUT2D eigenvalue weighted by molar-refractivity contribution is -0.152. The van der Waals surface area contributed by atoms with Crippen molar-refractivity contribution in [2.75, 3.05) is 6.61 Å². The molecule has 5 nitrogen and oxygen atoms in total. The number of rotatable bonds is 3. The summed E-state index contributed by atoms with van der Waals surface area (Å²) < 4.78 is 7.41. The van der Waals surface area contributed by atoms with E-state index in [1.54, 1.807) is 12.4 Å². The molecule has 1 saturated carbocycles. The fraction of sp³-hybridized carbons (Fsp3) is 0.562. The number of imidazole rings is 1. The Labute approximate surface area is 124 Å². The number of esters is 1. The van der Waals surface area contributed by atoms with E-state index in [0.29, 0.717) is 6.61 Å². The third-order valence-electron chi connectivity index (χ3n) is 4.48. The van der Waals surface area contributed by atoms with Crippen LogP contribution < -0.4 is 0 Å². The van der Waals surface area contributed by atoms with Gasteiger partial charge in [0, 0.05) is 13.2 Å². The summed E-state index contributed by atoms with van der Waals surface area (Å²) in [5, 5.41) is 0. The molecule has 0 spiro atoms. The smallest absolute Gasteiger partial charge is 0.319 e. The van der Waals surface area contributed by atoms with E-state index < -0.39 is 5.41 Å². The maximum atomic E-state index is 12.7. The molecule has 0 saturated heterocycles. The maximum Gasteiger partial charge on any atom is 0.319 e. The predicted molar refractivity (Wildman–Crippen MR) is 79.9 cm³/mol. The lowest BCUT2D eigenvalue weighted by atomic mass is 9.73. The lowest BCUT2D eigenvalue weighted by Crippen LogP contribution is -2.41. The van der Waals surface area contributed by atoms with Crippen LogP contribution in [0.15, 0.2) is 18.5 Å². The van der Waals surface area contributed by atoms with Crippen LogP contribution >= 0.6 is 0 Å². The molecule has 5 heteroatoms. The van der Waals surface area contributed by atoms with Crippen LogP contribution in [0.5, 0.6) is 0 Å². The first-order valence-electron chi connectivity index (χ1n) is 7.63. The van der Waals surface area contributed by atoms with Crippen molar-refractivity contribution < 1.29 is 9.53 Å². The monoisotopic (exact) mass is 287 g/mol. The van der Waals surface area contributed by atoms with Gasteiger partial charge >= 0.3 is 5.97 Å². The summed E-state index contributed by atoms with van der Waals surface area (Å²) in [5.74, 6) is 0.694. The second-order valence-electron chi connectivity index (χ2n) is 5.72. The van der Waals surface area contributed by atoms with Crippen LogP contribution in [0.3, 0.4) is 0 Å². The van der Waals surface area contributed by atoms with Gasteiger partial charge in [-0.3, -0.25) is 9.78 Å². The van der Waals surface area contributed by atoms with Crippen molar-refractivity contribution in [1.82, 2.24) is 14.5 Å². The summed E-state index contributed by atoms with van der Waals surface area (Å²) in [4.78, 5) is 21.5. The molecular weight excluding hydrogens is 266 g/mol. The molecule has 0 radical (unpaired) electrons. The number of aromatic nitrogens is 3. The summed E-state index contributed by atoms with van der Waals surface area (Å²) in [6, 6.07) is 1.94. The predicted octanol–water partition coefficient (Wildman–Crippen LogP) is 2.73. The molecular formula is C16H21N3O2. The Bertz CT molecular complexity index is 657. The Morgan fingerprint density at radius 3 is 2.81 bits per heavy atom. The van der Waals surface area contributed by atoms with Crippen LogP contribution in [-0.4, -0.2) is 27.1 Å². The fourth-order valence-corrected chi connectivity index (χ4v) is 3.42. The molecule has 1 fully saturated rings. The van der Waals surface area contributed by atoms with Crippen molar-refractivity contribution in [3.8, 4) is 0 Å². The SMILES string of the molecule is CCOC(=O)C1(c2nc3cnccc3n2C)CCCCC1. The van der Waals surface area contributed by atoms with Gasteiger partial charge < -0.3 is 9.30 Å². The maximum absolute atomic E-state index is 12.7. The van der Waals surface area contributed by atoms with Crippen LogP contribution in [0, 0.1) is 0 Å². The van der Waals surface area contributed by atoms with Gasteiger partial charge in [0.15, 0.2) is 0 Å². The molecule has 0 aliphatic heterocycles.